The largest absolute Gasteiger partial charge is 0.309 e. The first-order valence-electron chi connectivity index (χ1n) is 19.0. The lowest BCUT2D eigenvalue weighted by atomic mass is 9.91. The summed E-state index contributed by atoms with van der Waals surface area (Å²) in [5.74, 6) is 0. The third kappa shape index (κ3) is 5.24. The Balaban J connectivity index is 1.06. The van der Waals surface area contributed by atoms with Crippen LogP contribution < -0.4 is 0 Å². The quantitative estimate of drug-likeness (QED) is 0.158. The molecule has 256 valence electrons. The number of para-hydroxylation sites is 1. The second kappa shape index (κ2) is 12.7. The lowest BCUT2D eigenvalue weighted by molar-refractivity contribution is 1.18. The van der Waals surface area contributed by atoms with Crippen LogP contribution >= 0.6 is 0 Å². The maximum absolute atomic E-state index is 2.44. The van der Waals surface area contributed by atoms with Gasteiger partial charge in [-0.1, -0.05) is 164 Å². The van der Waals surface area contributed by atoms with E-state index < -0.39 is 0 Å². The first kappa shape index (κ1) is 31.3. The van der Waals surface area contributed by atoms with Crippen LogP contribution in [0.3, 0.4) is 0 Å². The van der Waals surface area contributed by atoms with Crippen LogP contribution in [0.15, 0.2) is 212 Å². The summed E-state index contributed by atoms with van der Waals surface area (Å²) in [6.07, 6.45) is 0. The average Bonchev–Trinajstić information content (AvgIpc) is 3.60. The van der Waals surface area contributed by atoms with Gasteiger partial charge >= 0.3 is 0 Å². The van der Waals surface area contributed by atoms with E-state index in [4.69, 9.17) is 0 Å². The van der Waals surface area contributed by atoms with Crippen molar-refractivity contribution in [2.45, 2.75) is 0 Å². The van der Waals surface area contributed by atoms with E-state index in [1.54, 1.807) is 0 Å². The highest BCUT2D eigenvalue weighted by molar-refractivity contribution is 6.25. The van der Waals surface area contributed by atoms with E-state index >= 15 is 0 Å². The molecule has 1 aromatic heterocycles. The lowest BCUT2D eigenvalue weighted by Gasteiger charge is -2.14. The van der Waals surface area contributed by atoms with Crippen LogP contribution in [-0.4, -0.2) is 4.57 Å². The van der Waals surface area contributed by atoms with Gasteiger partial charge in [0.25, 0.3) is 0 Å². The molecule has 0 radical (unpaired) electrons. The SMILES string of the molecule is c1ccc(-c2cc(-c3ccccc3)cc(-n3c4ccccc4c4cc(-c5cccc(-c6ccc7c8ccccc8c8ccccc8c7c6)c5)ccc43)c2)cc1. The fourth-order valence-electron chi connectivity index (χ4n) is 8.73. The van der Waals surface area contributed by atoms with Crippen molar-refractivity contribution in [3.8, 4) is 50.2 Å². The fourth-order valence-corrected chi connectivity index (χ4v) is 8.73. The van der Waals surface area contributed by atoms with Gasteiger partial charge in [-0.15, -0.1) is 0 Å². The Morgan fingerprint density at radius 1 is 0.200 bits per heavy atom. The molecule has 1 heteroatoms. The number of nitrogens with zero attached hydrogens (tertiary/aromatic N) is 1. The molecule has 0 aliphatic carbocycles. The molecule has 0 N–H and O–H groups in total. The molecule has 0 saturated carbocycles. The molecule has 0 spiro atoms. The van der Waals surface area contributed by atoms with E-state index in [2.05, 4.69) is 217 Å². The van der Waals surface area contributed by atoms with Crippen molar-refractivity contribution < 1.29 is 0 Å². The Morgan fingerprint density at radius 3 is 1.20 bits per heavy atom. The molecule has 0 bridgehead atoms. The Kier molecular flexibility index (Phi) is 7.25. The van der Waals surface area contributed by atoms with Crippen LogP contribution in [0, 0.1) is 0 Å². The molecule has 1 nitrogen and oxygen atoms in total. The summed E-state index contributed by atoms with van der Waals surface area (Å²) >= 11 is 0. The average molecular weight is 698 g/mol. The maximum Gasteiger partial charge on any atom is 0.0541 e. The number of hydrogen-bond donors (Lipinski definition) is 0. The van der Waals surface area contributed by atoms with Gasteiger partial charge in [0, 0.05) is 16.5 Å². The summed E-state index contributed by atoms with van der Waals surface area (Å²) in [5.41, 5.74) is 13.2. The lowest BCUT2D eigenvalue weighted by Crippen LogP contribution is -1.96. The number of aromatic nitrogens is 1. The molecule has 0 atom stereocenters. The fraction of sp³-hybridized carbons (Fsp3) is 0. The van der Waals surface area contributed by atoms with Crippen molar-refractivity contribution in [2.24, 2.45) is 0 Å². The van der Waals surface area contributed by atoms with Crippen LogP contribution in [0.25, 0.3) is 104 Å². The van der Waals surface area contributed by atoms with Gasteiger partial charge in [0.1, 0.15) is 0 Å². The Labute approximate surface area is 320 Å². The van der Waals surface area contributed by atoms with Crippen LogP contribution in [0.2, 0.25) is 0 Å². The molecular weight excluding hydrogens is 663 g/mol. The molecular formula is C54H35N. The third-order valence-electron chi connectivity index (χ3n) is 11.3. The molecule has 0 amide bonds. The van der Waals surface area contributed by atoms with Crippen LogP contribution in [0.4, 0.5) is 0 Å². The predicted octanol–water partition coefficient (Wildman–Crippen LogP) is 14.9. The minimum absolute atomic E-state index is 1.15. The van der Waals surface area contributed by atoms with Crippen LogP contribution in [0.1, 0.15) is 0 Å². The van der Waals surface area contributed by atoms with Gasteiger partial charge in [0.15, 0.2) is 0 Å². The number of hydrogen-bond acceptors (Lipinski definition) is 0. The second-order valence-corrected chi connectivity index (χ2v) is 14.5. The van der Waals surface area contributed by atoms with E-state index in [0.29, 0.717) is 0 Å². The van der Waals surface area contributed by atoms with Gasteiger partial charge in [0.05, 0.1) is 11.0 Å². The predicted molar refractivity (Wildman–Crippen MR) is 235 cm³/mol. The van der Waals surface area contributed by atoms with Crippen molar-refractivity contribution >= 4 is 54.1 Å². The number of fused-ring (bicyclic) bond motifs is 9. The van der Waals surface area contributed by atoms with Gasteiger partial charge in [-0.05, 0) is 125 Å². The zero-order valence-electron chi connectivity index (χ0n) is 30.2. The Bertz CT molecular complexity index is 3150. The monoisotopic (exact) mass is 697 g/mol. The second-order valence-electron chi connectivity index (χ2n) is 14.5. The number of benzene rings is 10. The number of rotatable bonds is 5. The Hall–Kier alpha value is -7.22. The van der Waals surface area contributed by atoms with E-state index in [-0.39, 0.29) is 0 Å². The smallest absolute Gasteiger partial charge is 0.0541 e. The van der Waals surface area contributed by atoms with Crippen molar-refractivity contribution in [2.75, 3.05) is 0 Å². The summed E-state index contributed by atoms with van der Waals surface area (Å²) in [6, 6.07) is 77.8. The van der Waals surface area contributed by atoms with Crippen molar-refractivity contribution in [1.29, 1.82) is 0 Å². The van der Waals surface area contributed by atoms with Gasteiger partial charge < -0.3 is 4.57 Å². The van der Waals surface area contributed by atoms with Gasteiger partial charge in [-0.3, -0.25) is 0 Å². The molecule has 0 aliphatic heterocycles. The van der Waals surface area contributed by atoms with E-state index in [1.807, 2.05) is 0 Å². The first-order chi connectivity index (χ1) is 27.3. The standard InChI is InChI=1S/C54H35N/c1-3-14-36(15-4-1)42-31-43(37-16-5-2-6-17-37)33-44(32-42)55-53-25-12-11-24-50(53)52-35-41(27-29-54(52)55)39-19-13-18-38(30-39)40-26-28-49-47-22-8-7-20-45(47)46-21-9-10-23-48(46)51(49)34-40/h1-35H. The maximum atomic E-state index is 2.44. The zero-order valence-corrected chi connectivity index (χ0v) is 30.2. The summed E-state index contributed by atoms with van der Waals surface area (Å²) in [5, 5.41) is 10.3. The zero-order chi connectivity index (χ0) is 36.3. The first-order valence-corrected chi connectivity index (χ1v) is 19.0. The van der Waals surface area contributed by atoms with Crippen molar-refractivity contribution in [3.05, 3.63) is 212 Å². The highest BCUT2D eigenvalue weighted by Crippen LogP contribution is 2.40. The minimum atomic E-state index is 1.15. The molecule has 10 aromatic carbocycles. The van der Waals surface area contributed by atoms with Gasteiger partial charge in [-0.2, -0.15) is 0 Å². The van der Waals surface area contributed by atoms with Crippen molar-refractivity contribution in [1.82, 2.24) is 4.57 Å². The van der Waals surface area contributed by atoms with Gasteiger partial charge in [-0.25, -0.2) is 0 Å². The topological polar surface area (TPSA) is 4.93 Å². The summed E-state index contributed by atoms with van der Waals surface area (Å²) in [4.78, 5) is 0. The molecule has 0 aliphatic rings. The highest BCUT2D eigenvalue weighted by Gasteiger charge is 2.16. The summed E-state index contributed by atoms with van der Waals surface area (Å²) in [6.45, 7) is 0. The molecule has 55 heavy (non-hydrogen) atoms. The van der Waals surface area contributed by atoms with Gasteiger partial charge in [0.2, 0.25) is 0 Å². The highest BCUT2D eigenvalue weighted by atomic mass is 15.0. The summed E-state index contributed by atoms with van der Waals surface area (Å²) < 4.78 is 2.44. The molecule has 11 aromatic rings. The van der Waals surface area contributed by atoms with E-state index in [0.717, 1.165) is 5.69 Å². The molecule has 0 saturated heterocycles. The minimum Gasteiger partial charge on any atom is -0.309 e. The Morgan fingerprint density at radius 2 is 0.600 bits per heavy atom. The molecule has 1 heterocycles. The van der Waals surface area contributed by atoms with Crippen molar-refractivity contribution in [3.63, 3.8) is 0 Å². The van der Waals surface area contributed by atoms with E-state index in [1.165, 1.54) is 98.6 Å². The molecule has 11 rings (SSSR count). The normalized spacial score (nSPS) is 11.6. The van der Waals surface area contributed by atoms with Crippen LogP contribution in [0.5, 0.6) is 0 Å². The van der Waals surface area contributed by atoms with Crippen LogP contribution in [-0.2, 0) is 0 Å². The molecule has 0 unspecified atom stereocenters. The summed E-state index contributed by atoms with van der Waals surface area (Å²) in [7, 11) is 0. The van der Waals surface area contributed by atoms with E-state index in [9.17, 15) is 0 Å². The third-order valence-corrected chi connectivity index (χ3v) is 11.3. The molecule has 0 fully saturated rings.